The lowest BCUT2D eigenvalue weighted by Crippen LogP contribution is -2.50. The number of anilines is 2. The van der Waals surface area contributed by atoms with Gasteiger partial charge >= 0.3 is 0 Å². The smallest absolute Gasteiger partial charge is 0.244 e. The first-order valence-electron chi connectivity index (χ1n) is 11.9. The summed E-state index contributed by atoms with van der Waals surface area (Å²) in [7, 11) is -3.77. The van der Waals surface area contributed by atoms with Gasteiger partial charge in [-0.15, -0.1) is 0 Å². The number of carbonyl (C=O) groups excluding carboxylic acids is 2. The Kier molecular flexibility index (Phi) is 6.59. The molecule has 11 heteroatoms. The van der Waals surface area contributed by atoms with E-state index in [4.69, 9.17) is 0 Å². The highest BCUT2D eigenvalue weighted by Gasteiger charge is 2.38. The summed E-state index contributed by atoms with van der Waals surface area (Å²) in [5.41, 5.74) is 2.06. The van der Waals surface area contributed by atoms with Crippen LogP contribution in [0.2, 0.25) is 0 Å². The number of fused-ring (bicyclic) bond motifs is 1. The van der Waals surface area contributed by atoms with Gasteiger partial charge in [0.1, 0.15) is 10.7 Å². The average molecular weight is 509 g/mol. The highest BCUT2D eigenvalue weighted by molar-refractivity contribution is 7.89. The van der Waals surface area contributed by atoms with Gasteiger partial charge in [-0.25, -0.2) is 13.4 Å². The molecular formula is C25H28N6O4S. The minimum absolute atomic E-state index is 0.00562. The maximum Gasteiger partial charge on any atom is 0.244 e. The fourth-order valence-corrected chi connectivity index (χ4v) is 6.31. The maximum atomic E-state index is 13.2. The Morgan fingerprint density at radius 2 is 1.75 bits per heavy atom. The topological polar surface area (TPSA) is 116 Å². The molecule has 5 rings (SSSR count). The average Bonchev–Trinajstić information content (AvgIpc) is 3.39. The van der Waals surface area contributed by atoms with Crippen LogP contribution in [0.4, 0.5) is 11.5 Å². The van der Waals surface area contributed by atoms with Gasteiger partial charge in [0.2, 0.25) is 21.8 Å². The molecule has 0 saturated carbocycles. The van der Waals surface area contributed by atoms with E-state index in [0.717, 1.165) is 16.6 Å². The lowest BCUT2D eigenvalue weighted by Gasteiger charge is -2.37. The molecular weight excluding hydrogens is 480 g/mol. The van der Waals surface area contributed by atoms with E-state index in [1.807, 2.05) is 35.4 Å². The molecule has 0 aliphatic carbocycles. The summed E-state index contributed by atoms with van der Waals surface area (Å²) >= 11 is 0. The van der Waals surface area contributed by atoms with Gasteiger partial charge in [-0.3, -0.25) is 14.6 Å². The number of piperazine rings is 1. The lowest BCUT2D eigenvalue weighted by atomic mass is 10.1. The molecule has 1 unspecified atom stereocenters. The zero-order valence-electron chi connectivity index (χ0n) is 20.0. The van der Waals surface area contributed by atoms with E-state index >= 15 is 0 Å². The Morgan fingerprint density at radius 1 is 0.972 bits per heavy atom. The third-order valence-corrected chi connectivity index (χ3v) is 8.59. The van der Waals surface area contributed by atoms with Crippen molar-refractivity contribution in [2.75, 3.05) is 49.5 Å². The van der Waals surface area contributed by atoms with Crippen molar-refractivity contribution in [1.82, 2.24) is 19.2 Å². The first kappa shape index (κ1) is 24.1. The van der Waals surface area contributed by atoms with Crippen LogP contribution in [-0.4, -0.2) is 78.7 Å². The predicted molar refractivity (Wildman–Crippen MR) is 136 cm³/mol. The van der Waals surface area contributed by atoms with E-state index < -0.39 is 10.0 Å². The number of sulfonamides is 1. The zero-order valence-corrected chi connectivity index (χ0v) is 20.8. The van der Waals surface area contributed by atoms with Crippen LogP contribution in [0, 0.1) is 5.92 Å². The largest absolute Gasteiger partial charge is 0.367 e. The van der Waals surface area contributed by atoms with Gasteiger partial charge < -0.3 is 15.1 Å². The van der Waals surface area contributed by atoms with Gasteiger partial charge in [0.05, 0.1) is 11.4 Å². The molecule has 0 radical (unpaired) electrons. The van der Waals surface area contributed by atoms with Gasteiger partial charge in [0.15, 0.2) is 0 Å². The second-order valence-corrected chi connectivity index (χ2v) is 11.0. The number of pyridine rings is 2. The number of carbonyl (C=O) groups is 2. The number of hydrogen-bond acceptors (Lipinski definition) is 7. The summed E-state index contributed by atoms with van der Waals surface area (Å²) in [6.07, 6.45) is 3.54. The van der Waals surface area contributed by atoms with E-state index in [-0.39, 0.29) is 41.5 Å². The highest BCUT2D eigenvalue weighted by Crippen LogP contribution is 2.28. The van der Waals surface area contributed by atoms with E-state index in [1.54, 1.807) is 0 Å². The molecule has 3 aromatic rings. The number of hydrogen-bond donors (Lipinski definition) is 1. The van der Waals surface area contributed by atoms with Crippen molar-refractivity contribution < 1.29 is 18.0 Å². The molecule has 0 bridgehead atoms. The van der Waals surface area contributed by atoms with Crippen molar-refractivity contribution >= 4 is 44.2 Å². The zero-order chi connectivity index (χ0) is 25.3. The van der Waals surface area contributed by atoms with Crippen molar-refractivity contribution in [2.45, 2.75) is 18.2 Å². The molecule has 188 valence electrons. The van der Waals surface area contributed by atoms with Crippen LogP contribution in [-0.2, 0) is 19.6 Å². The summed E-state index contributed by atoms with van der Waals surface area (Å²) in [5, 5.41) is 3.61. The summed E-state index contributed by atoms with van der Waals surface area (Å²) in [6, 6.07) is 12.9. The molecule has 1 N–H and O–H groups in total. The maximum absolute atomic E-state index is 13.2. The summed E-state index contributed by atoms with van der Waals surface area (Å²) in [6.45, 7) is 4.40. The summed E-state index contributed by atoms with van der Waals surface area (Å²) < 4.78 is 27.5. The highest BCUT2D eigenvalue weighted by atomic mass is 32.2. The van der Waals surface area contributed by atoms with Crippen molar-refractivity contribution in [3.05, 3.63) is 54.9 Å². The number of benzene rings is 1. The minimum atomic E-state index is -3.77. The van der Waals surface area contributed by atoms with Crippen LogP contribution in [0.3, 0.4) is 0 Å². The van der Waals surface area contributed by atoms with Crippen LogP contribution < -0.4 is 10.2 Å². The molecule has 2 amide bonds. The third kappa shape index (κ3) is 4.76. The molecule has 1 aromatic carbocycles. The summed E-state index contributed by atoms with van der Waals surface area (Å²) in [5.74, 6) is -0.352. The van der Waals surface area contributed by atoms with E-state index in [0.29, 0.717) is 32.6 Å². The quantitative estimate of drug-likeness (QED) is 0.560. The van der Waals surface area contributed by atoms with Crippen LogP contribution in [0.25, 0.3) is 10.9 Å². The van der Waals surface area contributed by atoms with Crippen molar-refractivity contribution in [2.24, 2.45) is 5.92 Å². The van der Waals surface area contributed by atoms with Crippen LogP contribution in [0.1, 0.15) is 13.3 Å². The van der Waals surface area contributed by atoms with Crippen molar-refractivity contribution in [3.8, 4) is 0 Å². The Balaban J connectivity index is 1.20. The van der Waals surface area contributed by atoms with Gasteiger partial charge in [-0.05, 0) is 30.7 Å². The molecule has 0 spiro atoms. The van der Waals surface area contributed by atoms with E-state index in [9.17, 15) is 18.0 Å². The predicted octanol–water partition coefficient (Wildman–Crippen LogP) is 1.95. The first-order chi connectivity index (χ1) is 17.3. The Bertz CT molecular complexity index is 1380. The first-order valence-corrected chi connectivity index (χ1v) is 13.4. The fraction of sp³-hybridized carbons (Fsp3) is 0.360. The Labute approximate surface area is 210 Å². The number of nitrogens with zero attached hydrogens (tertiary/aromatic N) is 5. The number of rotatable bonds is 5. The van der Waals surface area contributed by atoms with Crippen molar-refractivity contribution in [1.29, 1.82) is 0 Å². The molecule has 2 aromatic heterocycles. The van der Waals surface area contributed by atoms with Gasteiger partial charge in [0.25, 0.3) is 0 Å². The molecule has 2 fully saturated rings. The van der Waals surface area contributed by atoms with Gasteiger partial charge in [-0.2, -0.15) is 4.31 Å². The molecule has 1 atom stereocenters. The normalized spacial score (nSPS) is 19.0. The minimum Gasteiger partial charge on any atom is -0.367 e. The second kappa shape index (κ2) is 9.82. The molecule has 2 aliphatic rings. The summed E-state index contributed by atoms with van der Waals surface area (Å²) in [4.78, 5) is 37.0. The van der Waals surface area contributed by atoms with Crippen molar-refractivity contribution in [3.63, 3.8) is 0 Å². The SMILES string of the molecule is CC(=O)Nc1ccc(S(=O)(=O)N2CCC(C(=O)N3CCN(c4ccnc5ccccc45)CC3)C2)cn1. The second-order valence-electron chi connectivity index (χ2n) is 9.07. The monoisotopic (exact) mass is 508 g/mol. The molecule has 4 heterocycles. The number of para-hydroxylation sites is 1. The van der Waals surface area contributed by atoms with Crippen LogP contribution in [0.5, 0.6) is 0 Å². The lowest BCUT2D eigenvalue weighted by molar-refractivity contribution is -0.135. The van der Waals surface area contributed by atoms with Crippen LogP contribution >= 0.6 is 0 Å². The van der Waals surface area contributed by atoms with Gasteiger partial charge in [0, 0.05) is 69.7 Å². The number of nitrogens with one attached hydrogen (secondary N) is 1. The van der Waals surface area contributed by atoms with Gasteiger partial charge in [-0.1, -0.05) is 18.2 Å². The number of aromatic nitrogens is 2. The Morgan fingerprint density at radius 3 is 2.47 bits per heavy atom. The van der Waals surface area contributed by atoms with E-state index in [1.165, 1.54) is 29.6 Å². The fourth-order valence-electron chi connectivity index (χ4n) is 4.87. The molecule has 36 heavy (non-hydrogen) atoms. The number of amides is 2. The molecule has 2 saturated heterocycles. The standard InChI is InChI=1S/C25H28N6O4S/c1-18(32)28-24-7-6-20(16-27-24)36(34,35)31-11-9-19(17-31)25(33)30-14-12-29(13-15-30)23-8-10-26-22-5-3-2-4-21(22)23/h2-8,10,16,19H,9,11-15,17H2,1H3,(H,27,28,32). The molecule has 2 aliphatic heterocycles. The van der Waals surface area contributed by atoms with Crippen LogP contribution in [0.15, 0.2) is 59.8 Å². The third-order valence-electron chi connectivity index (χ3n) is 6.74. The molecule has 10 nitrogen and oxygen atoms in total. The Hall–Kier alpha value is -3.57. The van der Waals surface area contributed by atoms with E-state index in [2.05, 4.69) is 26.3 Å².